The van der Waals surface area contributed by atoms with Crippen LogP contribution in [-0.4, -0.2) is 42.3 Å². The second kappa shape index (κ2) is 6.38. The van der Waals surface area contributed by atoms with Gasteiger partial charge in [0.15, 0.2) is 5.84 Å². The first-order chi connectivity index (χ1) is 12.5. The Morgan fingerprint density at radius 2 is 1.92 bits per heavy atom. The van der Waals surface area contributed by atoms with Gasteiger partial charge < -0.3 is 4.74 Å². The minimum Gasteiger partial charge on any atom is -0.439 e. The molecule has 0 radical (unpaired) electrons. The van der Waals surface area contributed by atoms with Gasteiger partial charge in [0, 0.05) is 17.8 Å². The SMILES string of the molecule is CC1=NN2CCS(=O)(=O)N=C2C(c2ccc(Oc3ccccn3)cc2)=C1. The van der Waals surface area contributed by atoms with Crippen molar-refractivity contribution in [3.05, 3.63) is 60.3 Å². The predicted octanol–water partition coefficient (Wildman–Crippen LogP) is 2.69. The van der Waals surface area contributed by atoms with Crippen molar-refractivity contribution in [3.8, 4) is 11.6 Å². The highest BCUT2D eigenvalue weighted by Gasteiger charge is 2.29. The Morgan fingerprint density at radius 3 is 2.65 bits per heavy atom. The van der Waals surface area contributed by atoms with Gasteiger partial charge >= 0.3 is 0 Å². The van der Waals surface area contributed by atoms with Crippen LogP contribution in [0, 0.1) is 0 Å². The molecular weight excluding hydrogens is 352 g/mol. The maximum absolute atomic E-state index is 11.9. The fourth-order valence-corrected chi connectivity index (χ4v) is 3.70. The molecule has 0 unspecified atom stereocenters. The molecule has 0 atom stereocenters. The lowest BCUT2D eigenvalue weighted by atomic mass is 10.0. The second-order valence-corrected chi connectivity index (χ2v) is 7.67. The first kappa shape index (κ1) is 16.5. The highest BCUT2D eigenvalue weighted by Crippen LogP contribution is 2.28. The van der Waals surface area contributed by atoms with Gasteiger partial charge in [0.1, 0.15) is 5.75 Å². The minimum atomic E-state index is -3.46. The molecule has 0 fully saturated rings. The van der Waals surface area contributed by atoms with Gasteiger partial charge in [-0.2, -0.15) is 5.10 Å². The van der Waals surface area contributed by atoms with E-state index in [0.29, 0.717) is 24.0 Å². The van der Waals surface area contributed by atoms with Gasteiger partial charge in [0.25, 0.3) is 10.0 Å². The molecule has 1 aromatic carbocycles. The number of pyridine rings is 1. The van der Waals surface area contributed by atoms with Crippen LogP contribution >= 0.6 is 0 Å². The minimum absolute atomic E-state index is 0.0303. The molecule has 2 aliphatic heterocycles. The quantitative estimate of drug-likeness (QED) is 0.832. The van der Waals surface area contributed by atoms with E-state index >= 15 is 0 Å². The molecule has 8 heteroatoms. The van der Waals surface area contributed by atoms with Crippen LogP contribution < -0.4 is 4.74 Å². The molecule has 0 amide bonds. The van der Waals surface area contributed by atoms with E-state index in [4.69, 9.17) is 4.74 Å². The van der Waals surface area contributed by atoms with E-state index in [9.17, 15) is 8.42 Å². The Hall–Kier alpha value is -3.00. The molecule has 132 valence electrons. The number of rotatable bonds is 3. The van der Waals surface area contributed by atoms with E-state index in [0.717, 1.165) is 16.8 Å². The number of hydrogen-bond donors (Lipinski definition) is 0. The molecule has 0 saturated heterocycles. The lowest BCUT2D eigenvalue weighted by Crippen LogP contribution is -2.39. The number of aromatic nitrogens is 1. The molecule has 0 saturated carbocycles. The number of nitrogens with zero attached hydrogens (tertiary/aromatic N) is 4. The van der Waals surface area contributed by atoms with Gasteiger partial charge in [-0.1, -0.05) is 18.2 Å². The lowest BCUT2D eigenvalue weighted by Gasteiger charge is -2.29. The van der Waals surface area contributed by atoms with Crippen LogP contribution in [0.4, 0.5) is 0 Å². The summed E-state index contributed by atoms with van der Waals surface area (Å²) in [7, 11) is -3.46. The maximum atomic E-state index is 11.9. The van der Waals surface area contributed by atoms with Crippen LogP contribution in [0.1, 0.15) is 12.5 Å². The molecule has 4 rings (SSSR count). The van der Waals surface area contributed by atoms with Crippen molar-refractivity contribution in [1.82, 2.24) is 9.99 Å². The third kappa shape index (κ3) is 3.36. The molecule has 1 aromatic heterocycles. The monoisotopic (exact) mass is 368 g/mol. The Balaban J connectivity index is 1.66. The molecular formula is C18H16N4O3S. The normalized spacial score (nSPS) is 18.3. The zero-order valence-corrected chi connectivity index (χ0v) is 14.8. The second-order valence-electron chi connectivity index (χ2n) is 5.92. The summed E-state index contributed by atoms with van der Waals surface area (Å²) in [6, 6.07) is 12.8. The first-order valence-corrected chi connectivity index (χ1v) is 9.68. The number of hydrazone groups is 1. The summed E-state index contributed by atoms with van der Waals surface area (Å²) < 4.78 is 33.4. The van der Waals surface area contributed by atoms with Crippen molar-refractivity contribution in [2.75, 3.05) is 12.3 Å². The Bertz CT molecular complexity index is 1030. The highest BCUT2D eigenvalue weighted by molar-refractivity contribution is 7.90. The van der Waals surface area contributed by atoms with Gasteiger partial charge in [0.2, 0.25) is 5.88 Å². The van der Waals surface area contributed by atoms with Crippen molar-refractivity contribution in [1.29, 1.82) is 0 Å². The summed E-state index contributed by atoms with van der Waals surface area (Å²) in [6.45, 7) is 2.18. The smallest absolute Gasteiger partial charge is 0.256 e. The summed E-state index contributed by atoms with van der Waals surface area (Å²) in [6.07, 6.45) is 3.50. The lowest BCUT2D eigenvalue weighted by molar-refractivity contribution is 0.461. The number of hydrogen-bond acceptors (Lipinski definition) is 6. The number of ether oxygens (including phenoxy) is 1. The number of fused-ring (bicyclic) bond motifs is 1. The van der Waals surface area contributed by atoms with Crippen LogP contribution in [0.15, 0.2) is 64.2 Å². The summed E-state index contributed by atoms with van der Waals surface area (Å²) in [5, 5.41) is 6.01. The number of sulfonamides is 1. The molecule has 0 N–H and O–H groups in total. The van der Waals surface area contributed by atoms with E-state index in [1.54, 1.807) is 17.3 Å². The summed E-state index contributed by atoms with van der Waals surface area (Å²) in [5.41, 5.74) is 2.37. The van der Waals surface area contributed by atoms with Crippen molar-refractivity contribution in [3.63, 3.8) is 0 Å². The van der Waals surface area contributed by atoms with Crippen LogP contribution in [-0.2, 0) is 10.0 Å². The maximum Gasteiger partial charge on any atom is 0.256 e. The van der Waals surface area contributed by atoms with Crippen LogP contribution in [0.5, 0.6) is 11.6 Å². The third-order valence-corrected chi connectivity index (χ3v) is 5.08. The van der Waals surface area contributed by atoms with Crippen molar-refractivity contribution < 1.29 is 13.2 Å². The van der Waals surface area contributed by atoms with E-state index < -0.39 is 10.0 Å². The average Bonchev–Trinajstić information content (AvgIpc) is 2.63. The zero-order valence-electron chi connectivity index (χ0n) is 14.0. The van der Waals surface area contributed by atoms with E-state index in [1.165, 1.54) is 0 Å². The highest BCUT2D eigenvalue weighted by atomic mass is 32.2. The summed E-state index contributed by atoms with van der Waals surface area (Å²) in [4.78, 5) is 4.12. The predicted molar refractivity (Wildman–Crippen MR) is 99.8 cm³/mol. The molecule has 2 aromatic rings. The molecule has 3 heterocycles. The molecule has 26 heavy (non-hydrogen) atoms. The van der Waals surface area contributed by atoms with E-state index in [2.05, 4.69) is 14.5 Å². The third-order valence-electron chi connectivity index (χ3n) is 3.93. The topological polar surface area (TPSA) is 84.2 Å². The van der Waals surface area contributed by atoms with Gasteiger partial charge in [0.05, 0.1) is 18.0 Å². The fourth-order valence-electron chi connectivity index (χ4n) is 2.75. The number of benzene rings is 1. The summed E-state index contributed by atoms with van der Waals surface area (Å²) >= 11 is 0. The fraction of sp³-hybridized carbons (Fsp3) is 0.167. The molecule has 2 aliphatic rings. The van der Waals surface area contributed by atoms with Crippen LogP contribution in [0.3, 0.4) is 0 Å². The van der Waals surface area contributed by atoms with Gasteiger partial charge in [-0.05, 0) is 36.8 Å². The van der Waals surface area contributed by atoms with Gasteiger partial charge in [-0.25, -0.2) is 18.4 Å². The first-order valence-electron chi connectivity index (χ1n) is 8.07. The standard InChI is InChI=1S/C18H16N4O3S/c1-13-12-16(18-21-26(23,24)11-10-22(18)20-13)14-5-7-15(8-6-14)25-17-4-2-3-9-19-17/h2-9,12H,10-11H2,1H3. The van der Waals surface area contributed by atoms with Crippen molar-refractivity contribution in [2.24, 2.45) is 9.50 Å². The Morgan fingerprint density at radius 1 is 1.12 bits per heavy atom. The van der Waals surface area contributed by atoms with Crippen molar-refractivity contribution >= 4 is 27.1 Å². The number of amidine groups is 1. The molecule has 0 aliphatic carbocycles. The van der Waals surface area contributed by atoms with Crippen LogP contribution in [0.25, 0.3) is 5.57 Å². The Kier molecular flexibility index (Phi) is 4.04. The van der Waals surface area contributed by atoms with Crippen LogP contribution in [0.2, 0.25) is 0 Å². The zero-order chi connectivity index (χ0) is 18.1. The van der Waals surface area contributed by atoms with Gasteiger partial charge in [-0.15, -0.1) is 4.40 Å². The molecule has 0 bridgehead atoms. The van der Waals surface area contributed by atoms with E-state index in [-0.39, 0.29) is 5.75 Å². The molecule has 0 spiro atoms. The Labute approximate surface area is 151 Å². The largest absolute Gasteiger partial charge is 0.439 e. The van der Waals surface area contributed by atoms with Crippen molar-refractivity contribution in [2.45, 2.75) is 6.92 Å². The number of allylic oxidation sites excluding steroid dienone is 1. The molecule has 7 nitrogen and oxygen atoms in total. The summed E-state index contributed by atoms with van der Waals surface area (Å²) in [5.74, 6) is 1.48. The van der Waals surface area contributed by atoms with E-state index in [1.807, 2.05) is 49.4 Å². The van der Waals surface area contributed by atoms with Gasteiger partial charge in [-0.3, -0.25) is 0 Å². The average molecular weight is 368 g/mol.